The van der Waals surface area contributed by atoms with Crippen molar-refractivity contribution < 1.29 is 9.84 Å². The Morgan fingerprint density at radius 2 is 2.00 bits per heavy atom. The maximum Gasteiger partial charge on any atom is 0.177 e. The third kappa shape index (κ3) is 3.61. The molecule has 0 atom stereocenters. The van der Waals surface area contributed by atoms with Crippen molar-refractivity contribution in [2.75, 3.05) is 19.4 Å². The lowest BCUT2D eigenvalue weighted by molar-refractivity contribution is 0.242. The van der Waals surface area contributed by atoms with Crippen molar-refractivity contribution in [2.45, 2.75) is 19.5 Å². The van der Waals surface area contributed by atoms with E-state index in [0.717, 1.165) is 53.4 Å². The molecule has 4 rings (SSSR count). The van der Waals surface area contributed by atoms with E-state index in [0.29, 0.717) is 17.3 Å². The molecule has 144 valence electrons. The maximum absolute atomic E-state index is 10.1. The summed E-state index contributed by atoms with van der Waals surface area (Å²) in [5.41, 5.74) is 10.5. The molecule has 0 fully saturated rings. The fourth-order valence-corrected chi connectivity index (χ4v) is 3.61. The molecule has 0 radical (unpaired) electrons. The minimum absolute atomic E-state index is 0.0180. The number of ether oxygens (including phenoxy) is 1. The summed E-state index contributed by atoms with van der Waals surface area (Å²) in [7, 11) is 1.51. The number of nitrogens with zero attached hydrogens (tertiary/aromatic N) is 3. The van der Waals surface area contributed by atoms with Gasteiger partial charge in [-0.05, 0) is 35.9 Å². The molecule has 0 spiro atoms. The number of nitrogen functional groups attached to an aromatic ring is 1. The minimum atomic E-state index is -0.0180. The van der Waals surface area contributed by atoms with Crippen molar-refractivity contribution >= 4 is 17.3 Å². The molecule has 28 heavy (non-hydrogen) atoms. The van der Waals surface area contributed by atoms with Crippen LogP contribution >= 0.6 is 11.6 Å². The smallest absolute Gasteiger partial charge is 0.177 e. The number of benzene rings is 2. The van der Waals surface area contributed by atoms with E-state index in [1.54, 1.807) is 6.07 Å². The van der Waals surface area contributed by atoms with Gasteiger partial charge in [0.25, 0.3) is 0 Å². The molecule has 6 nitrogen and oxygen atoms in total. The highest BCUT2D eigenvalue weighted by molar-refractivity contribution is 6.33. The van der Waals surface area contributed by atoms with Crippen molar-refractivity contribution in [1.82, 2.24) is 14.9 Å². The summed E-state index contributed by atoms with van der Waals surface area (Å²) in [6.45, 7) is 2.23. The summed E-state index contributed by atoms with van der Waals surface area (Å²) in [5, 5.41) is 10.5. The Morgan fingerprint density at radius 1 is 1.21 bits per heavy atom. The first kappa shape index (κ1) is 18.5. The van der Waals surface area contributed by atoms with Gasteiger partial charge in [0.15, 0.2) is 17.3 Å². The number of hydrogen-bond donors (Lipinski definition) is 2. The number of rotatable bonds is 4. The third-order valence-electron chi connectivity index (χ3n) is 4.95. The first-order valence-electron chi connectivity index (χ1n) is 9.02. The number of halogens is 1. The number of hydrogen-bond acceptors (Lipinski definition) is 6. The predicted molar refractivity (Wildman–Crippen MR) is 109 cm³/mol. The van der Waals surface area contributed by atoms with Gasteiger partial charge in [-0.1, -0.05) is 17.7 Å². The summed E-state index contributed by atoms with van der Waals surface area (Å²) in [6, 6.07) is 11.2. The van der Waals surface area contributed by atoms with Gasteiger partial charge in [0.05, 0.1) is 17.8 Å². The number of anilines is 1. The molecule has 2 heterocycles. The highest BCUT2D eigenvalue weighted by Gasteiger charge is 2.21. The van der Waals surface area contributed by atoms with Crippen molar-refractivity contribution in [1.29, 1.82) is 0 Å². The fraction of sp³-hybridized carbons (Fsp3) is 0.238. The standard InChI is InChI=1S/C21H21ClN4O2/c1-28-18-7-4-14(19(22)20(18)27)11-26-9-8-17-15(12-26)10-24-21(25-17)13-2-5-16(23)6-3-13/h2-7,10,27H,8-9,11-12,23H2,1H3. The van der Waals surface area contributed by atoms with E-state index in [4.69, 9.17) is 27.1 Å². The van der Waals surface area contributed by atoms with Gasteiger partial charge >= 0.3 is 0 Å². The van der Waals surface area contributed by atoms with Crippen LogP contribution in [0, 0.1) is 0 Å². The molecule has 0 bridgehead atoms. The van der Waals surface area contributed by atoms with Crippen molar-refractivity contribution in [2.24, 2.45) is 0 Å². The summed E-state index contributed by atoms with van der Waals surface area (Å²) in [5.74, 6) is 1.08. The first-order chi connectivity index (χ1) is 13.5. The topological polar surface area (TPSA) is 84.5 Å². The highest BCUT2D eigenvalue weighted by atomic mass is 35.5. The molecule has 3 aromatic rings. The van der Waals surface area contributed by atoms with Gasteiger partial charge in [-0.3, -0.25) is 4.90 Å². The number of aromatic hydroxyl groups is 1. The van der Waals surface area contributed by atoms with Gasteiger partial charge in [-0.15, -0.1) is 0 Å². The lowest BCUT2D eigenvalue weighted by atomic mass is 10.1. The quantitative estimate of drug-likeness (QED) is 0.655. The van der Waals surface area contributed by atoms with Gasteiger partial charge < -0.3 is 15.6 Å². The van der Waals surface area contributed by atoms with Crippen LogP contribution < -0.4 is 10.5 Å². The second-order valence-electron chi connectivity index (χ2n) is 6.84. The molecule has 0 saturated carbocycles. The zero-order chi connectivity index (χ0) is 19.7. The molecule has 1 aliphatic heterocycles. The maximum atomic E-state index is 10.1. The number of methoxy groups -OCH3 is 1. The van der Waals surface area contributed by atoms with Crippen molar-refractivity contribution in [3.05, 3.63) is 64.4 Å². The Bertz CT molecular complexity index is 1010. The number of fused-ring (bicyclic) bond motifs is 1. The van der Waals surface area contributed by atoms with Crippen LogP contribution in [-0.2, 0) is 19.5 Å². The molecule has 2 aromatic carbocycles. The van der Waals surface area contributed by atoms with Gasteiger partial charge in [-0.2, -0.15) is 0 Å². The summed E-state index contributed by atoms with van der Waals surface area (Å²) in [6.07, 6.45) is 2.73. The van der Waals surface area contributed by atoms with Gasteiger partial charge in [0, 0.05) is 49.1 Å². The number of phenols is 1. The van der Waals surface area contributed by atoms with E-state index < -0.39 is 0 Å². The number of aromatic nitrogens is 2. The van der Waals surface area contributed by atoms with Crippen LogP contribution in [0.2, 0.25) is 5.02 Å². The molecule has 0 amide bonds. The lowest BCUT2D eigenvalue weighted by Crippen LogP contribution is -2.31. The Balaban J connectivity index is 1.51. The average Bonchev–Trinajstić information content (AvgIpc) is 2.72. The van der Waals surface area contributed by atoms with Crippen LogP contribution in [0.3, 0.4) is 0 Å². The molecule has 0 aliphatic carbocycles. The Labute approximate surface area is 168 Å². The molecule has 7 heteroatoms. The van der Waals surface area contributed by atoms with Crippen LogP contribution in [0.25, 0.3) is 11.4 Å². The van der Waals surface area contributed by atoms with E-state index in [-0.39, 0.29) is 5.75 Å². The number of phenolic OH excluding ortho intramolecular Hbond substituents is 1. The normalized spacial score (nSPS) is 13.9. The van der Waals surface area contributed by atoms with Crippen LogP contribution in [0.5, 0.6) is 11.5 Å². The van der Waals surface area contributed by atoms with Crippen molar-refractivity contribution in [3.63, 3.8) is 0 Å². The minimum Gasteiger partial charge on any atom is -0.503 e. The number of nitrogens with two attached hydrogens (primary N) is 1. The SMILES string of the molecule is COc1ccc(CN2CCc3nc(-c4ccc(N)cc4)ncc3C2)c(Cl)c1O. The Hall–Kier alpha value is -2.83. The average molecular weight is 397 g/mol. The third-order valence-corrected chi connectivity index (χ3v) is 5.38. The van der Waals surface area contributed by atoms with Crippen LogP contribution in [0.15, 0.2) is 42.6 Å². The van der Waals surface area contributed by atoms with Crippen LogP contribution in [0.1, 0.15) is 16.8 Å². The monoisotopic (exact) mass is 396 g/mol. The van der Waals surface area contributed by atoms with E-state index >= 15 is 0 Å². The van der Waals surface area contributed by atoms with E-state index in [9.17, 15) is 5.11 Å². The fourth-order valence-electron chi connectivity index (χ4n) is 3.40. The first-order valence-corrected chi connectivity index (χ1v) is 9.40. The summed E-state index contributed by atoms with van der Waals surface area (Å²) < 4.78 is 5.10. The molecular formula is C21H21ClN4O2. The van der Waals surface area contributed by atoms with E-state index in [2.05, 4.69) is 9.88 Å². The molecule has 0 saturated heterocycles. The zero-order valence-corrected chi connectivity index (χ0v) is 16.3. The molecular weight excluding hydrogens is 376 g/mol. The molecule has 0 unspecified atom stereocenters. The summed E-state index contributed by atoms with van der Waals surface area (Å²) in [4.78, 5) is 11.5. The highest BCUT2D eigenvalue weighted by Crippen LogP contribution is 2.37. The largest absolute Gasteiger partial charge is 0.503 e. The Morgan fingerprint density at radius 3 is 2.75 bits per heavy atom. The lowest BCUT2D eigenvalue weighted by Gasteiger charge is -2.28. The van der Waals surface area contributed by atoms with E-state index in [1.807, 2.05) is 36.5 Å². The second-order valence-corrected chi connectivity index (χ2v) is 7.22. The predicted octanol–water partition coefficient (Wildman–Crippen LogP) is 3.65. The second kappa shape index (κ2) is 7.66. The summed E-state index contributed by atoms with van der Waals surface area (Å²) >= 11 is 6.31. The van der Waals surface area contributed by atoms with Crippen molar-refractivity contribution in [3.8, 4) is 22.9 Å². The van der Waals surface area contributed by atoms with Gasteiger partial charge in [-0.25, -0.2) is 9.97 Å². The van der Waals surface area contributed by atoms with E-state index in [1.165, 1.54) is 7.11 Å². The van der Waals surface area contributed by atoms with Gasteiger partial charge in [0.2, 0.25) is 0 Å². The Kier molecular flexibility index (Phi) is 5.07. The van der Waals surface area contributed by atoms with Crippen LogP contribution in [-0.4, -0.2) is 33.6 Å². The molecule has 1 aromatic heterocycles. The molecule has 3 N–H and O–H groups in total. The van der Waals surface area contributed by atoms with Gasteiger partial charge in [0.1, 0.15) is 0 Å². The zero-order valence-electron chi connectivity index (χ0n) is 15.5. The molecule has 1 aliphatic rings. The van der Waals surface area contributed by atoms with Crippen LogP contribution in [0.4, 0.5) is 5.69 Å².